The van der Waals surface area contributed by atoms with Crippen LogP contribution in [0.15, 0.2) is 0 Å². The molecule has 3 nitrogen and oxygen atoms in total. The number of hydrogen-bond donors (Lipinski definition) is 1. The van der Waals surface area contributed by atoms with Crippen LogP contribution in [0.3, 0.4) is 0 Å². The average molecular weight is 252 g/mol. The van der Waals surface area contributed by atoms with Crippen molar-refractivity contribution in [2.75, 3.05) is 26.6 Å². The molecule has 0 bridgehead atoms. The Morgan fingerprint density at radius 2 is 1.73 bits per heavy atom. The van der Waals surface area contributed by atoms with E-state index in [4.69, 9.17) is 13.3 Å². The van der Waals surface area contributed by atoms with E-state index in [1.165, 1.54) is 0 Å². The Labute approximate surface area is 100 Å². The van der Waals surface area contributed by atoms with E-state index in [2.05, 4.69) is 19.6 Å². The van der Waals surface area contributed by atoms with Gasteiger partial charge >= 0.3 is 8.80 Å². The number of thiol groups is 1. The molecular formula is C10H24O3SSi. The monoisotopic (exact) mass is 252 g/mol. The molecule has 0 aliphatic carbocycles. The summed E-state index contributed by atoms with van der Waals surface area (Å²) in [5, 5.41) is 0. The summed E-state index contributed by atoms with van der Waals surface area (Å²) >= 11 is 4.16. The highest BCUT2D eigenvalue weighted by Crippen LogP contribution is 2.17. The molecule has 0 fully saturated rings. The van der Waals surface area contributed by atoms with Gasteiger partial charge in [-0.3, -0.25) is 0 Å². The van der Waals surface area contributed by atoms with Crippen molar-refractivity contribution in [3.05, 3.63) is 0 Å². The maximum Gasteiger partial charge on any atom is 0.500 e. The Bertz CT molecular complexity index is 143. The first kappa shape index (κ1) is 15.4. The fraction of sp³-hybridized carbons (Fsp3) is 1.00. The van der Waals surface area contributed by atoms with Crippen LogP contribution in [0.2, 0.25) is 6.04 Å². The zero-order chi connectivity index (χ0) is 11.6. The summed E-state index contributed by atoms with van der Waals surface area (Å²) in [6.07, 6.45) is 4.34. The second-order valence-electron chi connectivity index (χ2n) is 3.47. The molecule has 0 atom stereocenters. The summed E-state index contributed by atoms with van der Waals surface area (Å²) < 4.78 is 16.7. The van der Waals surface area contributed by atoms with Crippen LogP contribution in [0, 0.1) is 0 Å². The molecular weight excluding hydrogens is 228 g/mol. The minimum atomic E-state index is -2.34. The van der Waals surface area contributed by atoms with E-state index in [0.29, 0.717) is 0 Å². The van der Waals surface area contributed by atoms with Crippen molar-refractivity contribution in [2.45, 2.75) is 38.7 Å². The Morgan fingerprint density at radius 1 is 1.07 bits per heavy atom. The van der Waals surface area contributed by atoms with Gasteiger partial charge in [0, 0.05) is 26.9 Å². The summed E-state index contributed by atoms with van der Waals surface area (Å²) in [6.45, 7) is 2.88. The fourth-order valence-electron chi connectivity index (χ4n) is 1.31. The molecule has 0 aromatic carbocycles. The standard InChI is InChI=1S/C10H24O3SSi/c1-4-5-10-15(11-2,12-3)13-8-6-7-9-14/h14H,4-10H2,1-3H3. The summed E-state index contributed by atoms with van der Waals surface area (Å²) in [5.41, 5.74) is 0. The van der Waals surface area contributed by atoms with Crippen LogP contribution < -0.4 is 0 Å². The van der Waals surface area contributed by atoms with Gasteiger partial charge in [0.15, 0.2) is 0 Å². The van der Waals surface area contributed by atoms with Crippen LogP contribution in [-0.2, 0) is 13.3 Å². The first-order valence-corrected chi connectivity index (χ1v) is 8.16. The van der Waals surface area contributed by atoms with Gasteiger partial charge in [-0.15, -0.1) is 0 Å². The van der Waals surface area contributed by atoms with Crippen molar-refractivity contribution in [2.24, 2.45) is 0 Å². The Balaban J connectivity index is 3.88. The lowest BCUT2D eigenvalue weighted by Crippen LogP contribution is -2.44. The molecule has 0 aromatic heterocycles. The molecule has 15 heavy (non-hydrogen) atoms. The van der Waals surface area contributed by atoms with Crippen molar-refractivity contribution in [3.8, 4) is 0 Å². The molecule has 0 aliphatic heterocycles. The van der Waals surface area contributed by atoms with Crippen molar-refractivity contribution >= 4 is 21.4 Å². The van der Waals surface area contributed by atoms with Crippen LogP contribution in [0.1, 0.15) is 32.6 Å². The van der Waals surface area contributed by atoms with Crippen molar-refractivity contribution < 1.29 is 13.3 Å². The highest BCUT2D eigenvalue weighted by atomic mass is 32.1. The van der Waals surface area contributed by atoms with E-state index in [1.807, 2.05) is 0 Å². The molecule has 0 spiro atoms. The molecule has 0 heterocycles. The van der Waals surface area contributed by atoms with Gasteiger partial charge < -0.3 is 13.3 Å². The Kier molecular flexibility index (Phi) is 9.94. The molecule has 92 valence electrons. The van der Waals surface area contributed by atoms with Crippen molar-refractivity contribution in [3.63, 3.8) is 0 Å². The number of hydrogen-bond acceptors (Lipinski definition) is 4. The fourth-order valence-corrected chi connectivity index (χ4v) is 3.73. The molecule has 0 radical (unpaired) electrons. The molecule has 0 saturated carbocycles. The van der Waals surface area contributed by atoms with Crippen LogP contribution >= 0.6 is 12.6 Å². The Morgan fingerprint density at radius 3 is 2.20 bits per heavy atom. The second-order valence-corrected chi connectivity index (χ2v) is 6.89. The molecule has 5 heteroatoms. The summed E-state index contributed by atoms with van der Waals surface area (Å²) in [7, 11) is 1.03. The average Bonchev–Trinajstić information content (AvgIpc) is 2.29. The lowest BCUT2D eigenvalue weighted by Gasteiger charge is -2.26. The zero-order valence-electron chi connectivity index (χ0n) is 10.1. The van der Waals surface area contributed by atoms with Crippen LogP contribution in [0.5, 0.6) is 0 Å². The number of unbranched alkanes of at least 4 members (excludes halogenated alkanes) is 2. The van der Waals surface area contributed by atoms with E-state index in [0.717, 1.165) is 44.1 Å². The first-order chi connectivity index (χ1) is 7.24. The summed E-state index contributed by atoms with van der Waals surface area (Å²) in [4.78, 5) is 0. The smallest absolute Gasteiger partial charge is 0.377 e. The van der Waals surface area contributed by atoms with E-state index >= 15 is 0 Å². The molecule has 0 unspecified atom stereocenters. The molecule has 0 aliphatic rings. The molecule has 0 amide bonds. The van der Waals surface area contributed by atoms with E-state index in [9.17, 15) is 0 Å². The quantitative estimate of drug-likeness (QED) is 0.368. The van der Waals surface area contributed by atoms with Gasteiger partial charge in [-0.2, -0.15) is 12.6 Å². The SMILES string of the molecule is CCCC[Si](OC)(OC)OCCCCS. The highest BCUT2D eigenvalue weighted by Gasteiger charge is 2.37. The molecule has 0 N–H and O–H groups in total. The van der Waals surface area contributed by atoms with Crippen LogP contribution in [0.4, 0.5) is 0 Å². The van der Waals surface area contributed by atoms with Gasteiger partial charge in [0.1, 0.15) is 0 Å². The van der Waals surface area contributed by atoms with Gasteiger partial charge in [-0.25, -0.2) is 0 Å². The van der Waals surface area contributed by atoms with E-state index < -0.39 is 8.80 Å². The minimum Gasteiger partial charge on any atom is -0.377 e. The van der Waals surface area contributed by atoms with Gasteiger partial charge in [-0.1, -0.05) is 13.3 Å². The Hall–Kier alpha value is 0.447. The van der Waals surface area contributed by atoms with Crippen LogP contribution in [-0.4, -0.2) is 35.4 Å². The van der Waals surface area contributed by atoms with E-state index in [1.54, 1.807) is 14.2 Å². The van der Waals surface area contributed by atoms with E-state index in [-0.39, 0.29) is 0 Å². The third-order valence-electron chi connectivity index (χ3n) is 2.33. The van der Waals surface area contributed by atoms with Crippen molar-refractivity contribution in [1.29, 1.82) is 0 Å². The highest BCUT2D eigenvalue weighted by molar-refractivity contribution is 7.80. The molecule has 0 saturated heterocycles. The van der Waals surface area contributed by atoms with Gasteiger partial charge in [0.2, 0.25) is 0 Å². The summed E-state index contributed by atoms with van der Waals surface area (Å²) in [6, 6.07) is 0.914. The lowest BCUT2D eigenvalue weighted by molar-refractivity contribution is 0.0963. The van der Waals surface area contributed by atoms with Gasteiger partial charge in [0.25, 0.3) is 0 Å². The first-order valence-electron chi connectivity index (χ1n) is 5.59. The van der Waals surface area contributed by atoms with Crippen LogP contribution in [0.25, 0.3) is 0 Å². The largest absolute Gasteiger partial charge is 0.500 e. The van der Waals surface area contributed by atoms with Gasteiger partial charge in [0.05, 0.1) is 0 Å². The maximum atomic E-state index is 5.79. The zero-order valence-corrected chi connectivity index (χ0v) is 12.0. The topological polar surface area (TPSA) is 27.7 Å². The number of rotatable bonds is 10. The minimum absolute atomic E-state index is 0.720. The molecule has 0 aromatic rings. The third-order valence-corrected chi connectivity index (χ3v) is 5.50. The molecule has 0 rings (SSSR count). The predicted molar refractivity (Wildman–Crippen MR) is 68.5 cm³/mol. The van der Waals surface area contributed by atoms with Gasteiger partial charge in [-0.05, 0) is 25.0 Å². The predicted octanol–water partition coefficient (Wildman–Crippen LogP) is 2.74. The lowest BCUT2D eigenvalue weighted by atomic mass is 10.4. The summed E-state index contributed by atoms with van der Waals surface area (Å²) in [5.74, 6) is 0.910. The normalized spacial score (nSPS) is 12.0. The second kappa shape index (κ2) is 9.66. The maximum absolute atomic E-state index is 5.79. The third kappa shape index (κ3) is 6.58. The van der Waals surface area contributed by atoms with Crippen molar-refractivity contribution in [1.82, 2.24) is 0 Å².